The van der Waals surface area contributed by atoms with Gasteiger partial charge in [0, 0.05) is 12.4 Å². The van der Waals surface area contributed by atoms with Gasteiger partial charge >= 0.3 is 0 Å². The Balaban J connectivity index is 1.86. The van der Waals surface area contributed by atoms with Gasteiger partial charge < -0.3 is 0 Å². The van der Waals surface area contributed by atoms with Crippen LogP contribution >= 0.6 is 11.6 Å². The smallest absolute Gasteiger partial charge is 0.233 e. The number of likely N-dealkylation sites (tertiary alicyclic amines) is 1. The Bertz CT molecular complexity index is 234. The maximum Gasteiger partial charge on any atom is 0.233 e. The van der Waals surface area contributed by atoms with Gasteiger partial charge in [0.05, 0.1) is 11.8 Å². The number of rotatable bonds is 4. The van der Waals surface area contributed by atoms with Gasteiger partial charge in [-0.05, 0) is 19.3 Å². The summed E-state index contributed by atoms with van der Waals surface area (Å²) in [5.41, 5.74) is 0. The summed E-state index contributed by atoms with van der Waals surface area (Å²) in [4.78, 5) is 24.3. The average molecular weight is 202 g/mol. The summed E-state index contributed by atoms with van der Waals surface area (Å²) in [6, 6.07) is 0. The highest BCUT2D eigenvalue weighted by molar-refractivity contribution is 6.17. The van der Waals surface area contributed by atoms with E-state index < -0.39 is 0 Å². The number of unbranched alkanes of at least 4 members (excludes halogenated alkanes) is 1. The first-order valence-corrected chi connectivity index (χ1v) is 5.20. The average Bonchev–Trinajstić information content (AvgIpc) is 2.85. The SMILES string of the molecule is O=C1C2CC2C(=O)N1CCCCCl. The van der Waals surface area contributed by atoms with E-state index in [1.165, 1.54) is 4.90 Å². The predicted octanol–water partition coefficient (Wildman–Crippen LogP) is 1.01. The second kappa shape index (κ2) is 3.29. The molecule has 1 aliphatic carbocycles. The maximum absolute atomic E-state index is 11.4. The lowest BCUT2D eigenvalue weighted by molar-refractivity contribution is -0.141. The summed E-state index contributed by atoms with van der Waals surface area (Å²) < 4.78 is 0. The van der Waals surface area contributed by atoms with E-state index in [2.05, 4.69) is 0 Å². The number of piperidine rings is 1. The minimum atomic E-state index is 0.0449. The molecule has 0 radical (unpaired) electrons. The van der Waals surface area contributed by atoms with Crippen molar-refractivity contribution in [2.24, 2.45) is 11.8 Å². The number of amides is 2. The van der Waals surface area contributed by atoms with Crippen LogP contribution in [0.2, 0.25) is 0 Å². The van der Waals surface area contributed by atoms with Gasteiger partial charge in [0.15, 0.2) is 0 Å². The van der Waals surface area contributed by atoms with Gasteiger partial charge in [0.1, 0.15) is 0 Å². The fraction of sp³-hybridized carbons (Fsp3) is 0.778. The van der Waals surface area contributed by atoms with Crippen molar-refractivity contribution in [2.45, 2.75) is 19.3 Å². The largest absolute Gasteiger partial charge is 0.282 e. The molecule has 2 rings (SSSR count). The molecule has 2 atom stereocenters. The molecule has 2 unspecified atom stereocenters. The van der Waals surface area contributed by atoms with Crippen molar-refractivity contribution in [2.75, 3.05) is 12.4 Å². The van der Waals surface area contributed by atoms with Gasteiger partial charge in [-0.25, -0.2) is 0 Å². The summed E-state index contributed by atoms with van der Waals surface area (Å²) in [7, 11) is 0. The molecule has 3 nitrogen and oxygen atoms in total. The Morgan fingerprint density at radius 2 is 1.85 bits per heavy atom. The van der Waals surface area contributed by atoms with Crippen LogP contribution in [-0.4, -0.2) is 29.1 Å². The summed E-state index contributed by atoms with van der Waals surface area (Å²) in [6.45, 7) is 0.567. The number of hydrogen-bond acceptors (Lipinski definition) is 2. The number of alkyl halides is 1. The Morgan fingerprint density at radius 1 is 1.23 bits per heavy atom. The van der Waals surface area contributed by atoms with Crippen molar-refractivity contribution in [3.63, 3.8) is 0 Å². The molecule has 1 saturated carbocycles. The standard InChI is InChI=1S/C9H12ClNO2/c10-3-1-2-4-11-8(12)6-5-7(6)9(11)13/h6-7H,1-5H2. The summed E-state index contributed by atoms with van der Waals surface area (Å²) >= 11 is 5.51. The minimum Gasteiger partial charge on any atom is -0.282 e. The highest BCUT2D eigenvalue weighted by Gasteiger charge is 2.58. The van der Waals surface area contributed by atoms with E-state index in [0.29, 0.717) is 12.4 Å². The van der Waals surface area contributed by atoms with E-state index in [1.807, 2.05) is 0 Å². The van der Waals surface area contributed by atoms with Crippen LogP contribution in [-0.2, 0) is 9.59 Å². The molecule has 72 valence electrons. The third kappa shape index (κ3) is 1.46. The molecular weight excluding hydrogens is 190 g/mol. The van der Waals surface area contributed by atoms with Gasteiger partial charge in [-0.1, -0.05) is 0 Å². The van der Waals surface area contributed by atoms with Crippen LogP contribution in [0.1, 0.15) is 19.3 Å². The molecule has 0 aromatic heterocycles. The van der Waals surface area contributed by atoms with E-state index in [1.54, 1.807) is 0 Å². The van der Waals surface area contributed by atoms with Crippen molar-refractivity contribution in [3.8, 4) is 0 Å². The molecule has 0 spiro atoms. The summed E-state index contributed by atoms with van der Waals surface area (Å²) in [5.74, 6) is 0.782. The van der Waals surface area contributed by atoms with E-state index >= 15 is 0 Å². The number of carbonyl (C=O) groups excluding carboxylic acids is 2. The van der Waals surface area contributed by atoms with Gasteiger partial charge in [-0.2, -0.15) is 0 Å². The first-order valence-electron chi connectivity index (χ1n) is 4.67. The van der Waals surface area contributed by atoms with Crippen LogP contribution in [0.4, 0.5) is 0 Å². The number of fused-ring (bicyclic) bond motifs is 1. The van der Waals surface area contributed by atoms with Crippen molar-refractivity contribution < 1.29 is 9.59 Å². The predicted molar refractivity (Wildman–Crippen MR) is 48.3 cm³/mol. The minimum absolute atomic E-state index is 0.0449. The summed E-state index contributed by atoms with van der Waals surface area (Å²) in [6.07, 6.45) is 2.50. The van der Waals surface area contributed by atoms with Crippen LogP contribution in [0.5, 0.6) is 0 Å². The monoisotopic (exact) mass is 201 g/mol. The molecule has 4 heteroatoms. The second-order valence-electron chi connectivity index (χ2n) is 3.67. The molecule has 0 aromatic carbocycles. The third-order valence-corrected chi connectivity index (χ3v) is 2.99. The normalized spacial score (nSPS) is 31.0. The fourth-order valence-corrected chi connectivity index (χ4v) is 2.02. The second-order valence-corrected chi connectivity index (χ2v) is 4.05. The molecule has 0 bridgehead atoms. The van der Waals surface area contributed by atoms with E-state index in [9.17, 15) is 9.59 Å². The lowest BCUT2D eigenvalue weighted by Crippen LogP contribution is -2.33. The maximum atomic E-state index is 11.4. The molecule has 2 aliphatic rings. The molecule has 1 aliphatic heterocycles. The quantitative estimate of drug-likeness (QED) is 0.387. The molecule has 1 saturated heterocycles. The number of imide groups is 1. The first kappa shape index (κ1) is 9.00. The third-order valence-electron chi connectivity index (χ3n) is 2.72. The Kier molecular flexibility index (Phi) is 2.28. The topological polar surface area (TPSA) is 37.4 Å². The zero-order valence-electron chi connectivity index (χ0n) is 7.33. The lowest BCUT2D eigenvalue weighted by Gasteiger charge is -2.15. The Morgan fingerprint density at radius 3 is 2.38 bits per heavy atom. The number of halogens is 1. The Hall–Kier alpha value is -0.570. The fourth-order valence-electron chi connectivity index (χ4n) is 1.83. The number of hydrogen-bond donors (Lipinski definition) is 0. The number of nitrogens with zero attached hydrogens (tertiary/aromatic N) is 1. The zero-order chi connectivity index (χ0) is 9.42. The number of carbonyl (C=O) groups is 2. The molecule has 2 amide bonds. The molecule has 13 heavy (non-hydrogen) atoms. The highest BCUT2D eigenvalue weighted by atomic mass is 35.5. The van der Waals surface area contributed by atoms with Gasteiger partial charge in [0.25, 0.3) is 0 Å². The Labute approximate surface area is 82.0 Å². The first-order chi connectivity index (χ1) is 6.25. The zero-order valence-corrected chi connectivity index (χ0v) is 8.09. The van der Waals surface area contributed by atoms with Crippen LogP contribution in [0.15, 0.2) is 0 Å². The van der Waals surface area contributed by atoms with Crippen molar-refractivity contribution >= 4 is 23.4 Å². The van der Waals surface area contributed by atoms with Gasteiger partial charge in [0.2, 0.25) is 11.8 Å². The molecular formula is C9H12ClNO2. The van der Waals surface area contributed by atoms with Crippen LogP contribution in [0.3, 0.4) is 0 Å². The lowest BCUT2D eigenvalue weighted by atomic mass is 10.3. The molecule has 0 N–H and O–H groups in total. The summed E-state index contributed by atoms with van der Waals surface area (Å²) in [5, 5.41) is 0. The van der Waals surface area contributed by atoms with Crippen LogP contribution in [0, 0.1) is 11.8 Å². The highest BCUT2D eigenvalue weighted by Crippen LogP contribution is 2.46. The van der Waals surface area contributed by atoms with Crippen molar-refractivity contribution in [3.05, 3.63) is 0 Å². The van der Waals surface area contributed by atoms with Crippen LogP contribution in [0.25, 0.3) is 0 Å². The van der Waals surface area contributed by atoms with Gasteiger partial charge in [-0.3, -0.25) is 14.5 Å². The van der Waals surface area contributed by atoms with E-state index in [-0.39, 0.29) is 23.7 Å². The van der Waals surface area contributed by atoms with Gasteiger partial charge in [-0.15, -0.1) is 11.6 Å². The molecule has 0 aromatic rings. The molecule has 1 heterocycles. The molecule has 2 fully saturated rings. The van der Waals surface area contributed by atoms with E-state index in [4.69, 9.17) is 11.6 Å². The van der Waals surface area contributed by atoms with Crippen LogP contribution < -0.4 is 0 Å². The van der Waals surface area contributed by atoms with E-state index in [0.717, 1.165) is 19.3 Å². The van der Waals surface area contributed by atoms with Crippen molar-refractivity contribution in [1.29, 1.82) is 0 Å². The van der Waals surface area contributed by atoms with Crippen molar-refractivity contribution in [1.82, 2.24) is 4.90 Å².